The molecule has 1 heterocycles. The van der Waals surface area contributed by atoms with Crippen molar-refractivity contribution in [1.29, 1.82) is 5.26 Å². The Morgan fingerprint density at radius 2 is 2.31 bits per heavy atom. The van der Waals surface area contributed by atoms with Crippen molar-refractivity contribution in [2.24, 2.45) is 5.92 Å². The van der Waals surface area contributed by atoms with Crippen molar-refractivity contribution in [3.8, 4) is 6.07 Å². The molecule has 2 nitrogen and oxygen atoms in total. The topological polar surface area (TPSA) is 33.0 Å². The Morgan fingerprint density at radius 3 is 3.00 bits per heavy atom. The molecule has 0 saturated carbocycles. The summed E-state index contributed by atoms with van der Waals surface area (Å²) < 4.78 is 19.9. The number of ether oxygens (including phenoxy) is 1. The fraction of sp³-hybridized carbons (Fsp3) is 0.417. The van der Waals surface area contributed by atoms with Gasteiger partial charge in [-0.1, -0.05) is 22.0 Å². The van der Waals surface area contributed by atoms with Crippen molar-refractivity contribution in [2.75, 3.05) is 6.61 Å². The van der Waals surface area contributed by atoms with Crippen molar-refractivity contribution in [3.05, 3.63) is 34.1 Å². The molecule has 1 saturated heterocycles. The molecule has 1 aliphatic rings. The molecule has 1 aromatic carbocycles. The highest BCUT2D eigenvalue weighted by Crippen LogP contribution is 2.35. The fourth-order valence-electron chi connectivity index (χ4n) is 1.95. The van der Waals surface area contributed by atoms with Gasteiger partial charge in [-0.15, -0.1) is 0 Å². The summed E-state index contributed by atoms with van der Waals surface area (Å²) in [5.74, 6) is -0.564. The van der Waals surface area contributed by atoms with E-state index in [2.05, 4.69) is 22.0 Å². The second-order valence-electron chi connectivity index (χ2n) is 3.84. The second-order valence-corrected chi connectivity index (χ2v) is 4.75. The van der Waals surface area contributed by atoms with Crippen LogP contribution < -0.4 is 0 Å². The summed E-state index contributed by atoms with van der Waals surface area (Å²) in [5, 5.41) is 9.01. The highest BCUT2D eigenvalue weighted by Gasteiger charge is 2.29. The van der Waals surface area contributed by atoms with E-state index in [9.17, 15) is 4.39 Å². The van der Waals surface area contributed by atoms with Gasteiger partial charge in [0.2, 0.25) is 0 Å². The lowest BCUT2D eigenvalue weighted by atomic mass is 9.90. The normalized spacial score (nSPS) is 25.1. The van der Waals surface area contributed by atoms with E-state index in [0.717, 1.165) is 12.8 Å². The predicted octanol–water partition coefficient (Wildman–Crippen LogP) is 3.58. The van der Waals surface area contributed by atoms with Crippen molar-refractivity contribution in [3.63, 3.8) is 0 Å². The average Bonchev–Trinajstić information content (AvgIpc) is 2.29. The maximum absolute atomic E-state index is 13.7. The van der Waals surface area contributed by atoms with E-state index < -0.39 is 6.10 Å². The van der Waals surface area contributed by atoms with E-state index in [0.29, 0.717) is 16.6 Å². The van der Waals surface area contributed by atoms with E-state index >= 15 is 0 Å². The summed E-state index contributed by atoms with van der Waals surface area (Å²) in [6.07, 6.45) is 1.22. The number of benzene rings is 1. The number of halogens is 2. The highest BCUT2D eigenvalue weighted by molar-refractivity contribution is 9.10. The minimum atomic E-state index is -0.424. The van der Waals surface area contributed by atoms with Crippen LogP contribution in [0.2, 0.25) is 0 Å². The minimum Gasteiger partial charge on any atom is -0.372 e. The van der Waals surface area contributed by atoms with Crippen LogP contribution in [0.25, 0.3) is 0 Å². The van der Waals surface area contributed by atoms with E-state index in [1.54, 1.807) is 12.1 Å². The summed E-state index contributed by atoms with van der Waals surface area (Å²) >= 11 is 3.21. The van der Waals surface area contributed by atoms with E-state index in [1.807, 2.05) is 0 Å². The lowest BCUT2D eigenvalue weighted by Crippen LogP contribution is -2.22. The van der Waals surface area contributed by atoms with E-state index in [-0.39, 0.29) is 11.7 Å². The van der Waals surface area contributed by atoms with Crippen LogP contribution in [0.15, 0.2) is 22.7 Å². The Kier molecular flexibility index (Phi) is 3.57. The highest BCUT2D eigenvalue weighted by atomic mass is 79.9. The first-order valence-corrected chi connectivity index (χ1v) is 5.98. The molecule has 2 unspecified atom stereocenters. The average molecular weight is 284 g/mol. The number of hydrogen-bond donors (Lipinski definition) is 0. The van der Waals surface area contributed by atoms with Gasteiger partial charge in [0, 0.05) is 16.6 Å². The summed E-state index contributed by atoms with van der Waals surface area (Å²) in [4.78, 5) is 0. The molecular formula is C12H11BrFNO. The van der Waals surface area contributed by atoms with Gasteiger partial charge in [-0.25, -0.2) is 4.39 Å². The lowest BCUT2D eigenvalue weighted by molar-refractivity contribution is -0.0121. The molecule has 16 heavy (non-hydrogen) atoms. The van der Waals surface area contributed by atoms with Crippen LogP contribution >= 0.6 is 15.9 Å². The molecular weight excluding hydrogens is 273 g/mol. The summed E-state index contributed by atoms with van der Waals surface area (Å²) in [6, 6.07) is 7.04. The number of rotatable bonds is 1. The van der Waals surface area contributed by atoms with Crippen LogP contribution in [0.1, 0.15) is 24.5 Å². The SMILES string of the molecule is N#CC1CCCOC1c1ccc(Br)cc1F. The Bertz CT molecular complexity index is 430. The molecule has 4 heteroatoms. The fourth-order valence-corrected chi connectivity index (χ4v) is 2.29. The Hall–Kier alpha value is -0.920. The first-order valence-electron chi connectivity index (χ1n) is 5.18. The molecule has 84 valence electrons. The standard InChI is InChI=1S/C12H11BrFNO/c13-9-3-4-10(11(14)6-9)12-8(7-15)2-1-5-16-12/h3-4,6,8,12H,1-2,5H2. The van der Waals surface area contributed by atoms with Gasteiger partial charge >= 0.3 is 0 Å². The largest absolute Gasteiger partial charge is 0.372 e. The zero-order chi connectivity index (χ0) is 11.5. The molecule has 2 rings (SSSR count). The van der Waals surface area contributed by atoms with Gasteiger partial charge in [0.25, 0.3) is 0 Å². The maximum atomic E-state index is 13.7. The van der Waals surface area contributed by atoms with Crippen molar-refractivity contribution in [1.82, 2.24) is 0 Å². The van der Waals surface area contributed by atoms with Crippen LogP contribution in [0.5, 0.6) is 0 Å². The summed E-state index contributed by atoms with van der Waals surface area (Å²) in [6.45, 7) is 0.596. The number of hydrogen-bond acceptors (Lipinski definition) is 2. The number of nitriles is 1. The van der Waals surface area contributed by atoms with Gasteiger partial charge in [0.1, 0.15) is 11.9 Å². The second kappa shape index (κ2) is 4.94. The monoisotopic (exact) mass is 283 g/mol. The zero-order valence-electron chi connectivity index (χ0n) is 8.62. The summed E-state index contributed by atoms with van der Waals surface area (Å²) in [7, 11) is 0. The molecule has 0 spiro atoms. The van der Waals surface area contributed by atoms with Gasteiger partial charge in [0.05, 0.1) is 12.0 Å². The van der Waals surface area contributed by atoms with Gasteiger partial charge in [-0.05, 0) is 25.0 Å². The van der Waals surface area contributed by atoms with Crippen LogP contribution in [0, 0.1) is 23.1 Å². The molecule has 0 aromatic heterocycles. The zero-order valence-corrected chi connectivity index (χ0v) is 10.2. The molecule has 0 N–H and O–H groups in total. The Labute approximate surface area is 102 Å². The Morgan fingerprint density at radius 1 is 1.50 bits per heavy atom. The Balaban J connectivity index is 2.31. The molecule has 1 aromatic rings. The molecule has 1 aliphatic heterocycles. The van der Waals surface area contributed by atoms with Crippen LogP contribution in [-0.4, -0.2) is 6.61 Å². The van der Waals surface area contributed by atoms with Gasteiger partial charge < -0.3 is 4.74 Å². The van der Waals surface area contributed by atoms with E-state index in [1.165, 1.54) is 6.07 Å². The lowest BCUT2D eigenvalue weighted by Gasteiger charge is -2.27. The van der Waals surface area contributed by atoms with E-state index in [4.69, 9.17) is 10.00 Å². The molecule has 0 aliphatic carbocycles. The molecule has 0 amide bonds. The van der Waals surface area contributed by atoms with Gasteiger partial charge in [-0.3, -0.25) is 0 Å². The van der Waals surface area contributed by atoms with Crippen molar-refractivity contribution < 1.29 is 9.13 Å². The smallest absolute Gasteiger partial charge is 0.130 e. The third kappa shape index (κ3) is 2.26. The van der Waals surface area contributed by atoms with Crippen molar-refractivity contribution in [2.45, 2.75) is 18.9 Å². The predicted molar refractivity (Wildman–Crippen MR) is 61.1 cm³/mol. The quantitative estimate of drug-likeness (QED) is 0.789. The first kappa shape index (κ1) is 11.6. The minimum absolute atomic E-state index is 0.246. The molecule has 0 bridgehead atoms. The van der Waals surface area contributed by atoms with Crippen LogP contribution in [0.4, 0.5) is 4.39 Å². The molecule has 1 fully saturated rings. The van der Waals surface area contributed by atoms with Gasteiger partial charge in [0.15, 0.2) is 0 Å². The molecule has 0 radical (unpaired) electrons. The summed E-state index contributed by atoms with van der Waals surface area (Å²) in [5.41, 5.74) is 0.481. The maximum Gasteiger partial charge on any atom is 0.130 e. The van der Waals surface area contributed by atoms with Gasteiger partial charge in [-0.2, -0.15) is 5.26 Å². The third-order valence-corrected chi connectivity index (χ3v) is 3.25. The van der Waals surface area contributed by atoms with Crippen LogP contribution in [0.3, 0.4) is 0 Å². The van der Waals surface area contributed by atoms with Crippen molar-refractivity contribution >= 4 is 15.9 Å². The first-order chi connectivity index (χ1) is 7.72. The number of nitrogens with zero attached hydrogens (tertiary/aromatic N) is 1. The van der Waals surface area contributed by atoms with Crippen LogP contribution in [-0.2, 0) is 4.74 Å². The third-order valence-electron chi connectivity index (χ3n) is 2.76. The molecule has 2 atom stereocenters.